The van der Waals surface area contributed by atoms with Gasteiger partial charge in [-0.05, 0) is 50.1 Å². The molecule has 0 bridgehead atoms. The summed E-state index contributed by atoms with van der Waals surface area (Å²) in [5, 5.41) is 11.0. The Balaban J connectivity index is 2.11. The molecule has 2 aromatic rings. The molecule has 1 unspecified atom stereocenters. The van der Waals surface area contributed by atoms with E-state index in [4.69, 9.17) is 9.47 Å². The molecule has 0 aromatic heterocycles. The molecule has 0 saturated carbocycles. The molecule has 3 rings (SSSR count). The molecule has 6 nitrogen and oxygen atoms in total. The van der Waals surface area contributed by atoms with E-state index < -0.39 is 17.7 Å². The summed E-state index contributed by atoms with van der Waals surface area (Å²) in [7, 11) is 1.59. The summed E-state index contributed by atoms with van der Waals surface area (Å²) in [5.41, 5.74) is 1.25. The number of methoxy groups -OCH3 is 1. The van der Waals surface area contributed by atoms with Crippen molar-refractivity contribution in [2.24, 2.45) is 0 Å². The highest BCUT2D eigenvalue weighted by molar-refractivity contribution is 9.10. The fourth-order valence-electron chi connectivity index (χ4n) is 3.63. The maximum absolute atomic E-state index is 13.0. The van der Waals surface area contributed by atoms with Gasteiger partial charge < -0.3 is 19.5 Å². The average molecular weight is 488 g/mol. The van der Waals surface area contributed by atoms with Crippen LogP contribution in [0.5, 0.6) is 5.75 Å². The Morgan fingerprint density at radius 3 is 2.52 bits per heavy atom. The molecule has 31 heavy (non-hydrogen) atoms. The van der Waals surface area contributed by atoms with Crippen molar-refractivity contribution in [3.05, 3.63) is 69.7 Å². The predicted octanol–water partition coefficient (Wildman–Crippen LogP) is 4.69. The van der Waals surface area contributed by atoms with Gasteiger partial charge in [0.05, 0.1) is 17.7 Å². The third-order valence-corrected chi connectivity index (χ3v) is 5.48. The van der Waals surface area contributed by atoms with E-state index in [1.165, 1.54) is 4.90 Å². The number of carbonyl (C=O) groups excluding carboxylic acids is 2. The fraction of sp³-hybridized carbons (Fsp3) is 0.333. The Kier molecular flexibility index (Phi) is 7.51. The standard InChI is InChI=1S/C24H26BrNO5/c1-15(2)31-19-7-4-6-17(14-19)21-20(22(27)16-8-10-18(25)11-9-16)23(28)24(29)26(21)12-5-13-30-3/h4,6-11,14-15,21,27H,5,12-13H2,1-3H3/b22-20-. The number of carbonyl (C=O) groups is 2. The smallest absolute Gasteiger partial charge is 0.295 e. The number of likely N-dealkylation sites (tertiary alicyclic amines) is 1. The first kappa shape index (κ1) is 23.0. The zero-order chi connectivity index (χ0) is 22.5. The van der Waals surface area contributed by atoms with Gasteiger partial charge >= 0.3 is 0 Å². The van der Waals surface area contributed by atoms with E-state index in [-0.39, 0.29) is 17.4 Å². The van der Waals surface area contributed by atoms with Gasteiger partial charge in [-0.15, -0.1) is 0 Å². The lowest BCUT2D eigenvalue weighted by molar-refractivity contribution is -0.140. The molecule has 2 aromatic carbocycles. The van der Waals surface area contributed by atoms with Crippen LogP contribution in [0.1, 0.15) is 37.4 Å². The number of ketones is 1. The molecule has 1 heterocycles. The van der Waals surface area contributed by atoms with Crippen molar-refractivity contribution in [3.63, 3.8) is 0 Å². The third kappa shape index (κ3) is 5.17. The SMILES string of the molecule is COCCCN1C(=O)C(=O)/C(=C(\O)c2ccc(Br)cc2)C1c1cccc(OC(C)C)c1. The van der Waals surface area contributed by atoms with Crippen molar-refractivity contribution in [1.29, 1.82) is 0 Å². The van der Waals surface area contributed by atoms with Gasteiger partial charge in [-0.25, -0.2) is 0 Å². The van der Waals surface area contributed by atoms with Gasteiger partial charge in [0.1, 0.15) is 11.5 Å². The molecule has 0 spiro atoms. The number of rotatable bonds is 8. The van der Waals surface area contributed by atoms with Gasteiger partial charge in [0.15, 0.2) is 0 Å². The number of benzene rings is 2. The molecular weight excluding hydrogens is 462 g/mol. The number of hydrogen-bond acceptors (Lipinski definition) is 5. The number of hydrogen-bond donors (Lipinski definition) is 1. The van der Waals surface area contributed by atoms with Gasteiger partial charge in [-0.2, -0.15) is 0 Å². The molecule has 0 aliphatic carbocycles. The molecule has 1 saturated heterocycles. The molecule has 164 valence electrons. The Bertz CT molecular complexity index is 984. The zero-order valence-electron chi connectivity index (χ0n) is 17.8. The van der Waals surface area contributed by atoms with Crippen LogP contribution in [0.2, 0.25) is 0 Å². The number of ether oxygens (including phenoxy) is 2. The van der Waals surface area contributed by atoms with E-state index in [2.05, 4.69) is 15.9 Å². The fourth-order valence-corrected chi connectivity index (χ4v) is 3.89. The van der Waals surface area contributed by atoms with E-state index >= 15 is 0 Å². The van der Waals surface area contributed by atoms with Crippen LogP contribution in [0.3, 0.4) is 0 Å². The van der Waals surface area contributed by atoms with Gasteiger partial charge in [-0.1, -0.05) is 40.2 Å². The molecule has 7 heteroatoms. The van der Waals surface area contributed by atoms with E-state index in [1.54, 1.807) is 31.4 Å². The largest absolute Gasteiger partial charge is 0.507 e. The summed E-state index contributed by atoms with van der Waals surface area (Å²) in [6, 6.07) is 13.5. The van der Waals surface area contributed by atoms with Gasteiger partial charge in [0.25, 0.3) is 11.7 Å². The van der Waals surface area contributed by atoms with E-state index in [0.29, 0.717) is 36.4 Å². The molecule has 1 aliphatic rings. The van der Waals surface area contributed by atoms with Crippen molar-refractivity contribution in [2.45, 2.75) is 32.4 Å². The van der Waals surface area contributed by atoms with Crippen molar-refractivity contribution in [3.8, 4) is 5.75 Å². The summed E-state index contributed by atoms with van der Waals surface area (Å²) in [4.78, 5) is 27.4. The number of nitrogens with zero attached hydrogens (tertiary/aromatic N) is 1. The quantitative estimate of drug-likeness (QED) is 0.253. The van der Waals surface area contributed by atoms with Gasteiger partial charge in [0, 0.05) is 30.3 Å². The number of aliphatic hydroxyl groups excluding tert-OH is 1. The Morgan fingerprint density at radius 1 is 1.16 bits per heavy atom. The van der Waals surface area contributed by atoms with Crippen LogP contribution in [0.25, 0.3) is 5.76 Å². The van der Waals surface area contributed by atoms with E-state index in [0.717, 1.165) is 4.47 Å². The average Bonchev–Trinajstić information content (AvgIpc) is 2.99. The first-order chi connectivity index (χ1) is 14.8. The lowest BCUT2D eigenvalue weighted by Crippen LogP contribution is -2.31. The van der Waals surface area contributed by atoms with E-state index in [9.17, 15) is 14.7 Å². The normalized spacial score (nSPS) is 18.1. The van der Waals surface area contributed by atoms with Crippen molar-refractivity contribution >= 4 is 33.4 Å². The molecular formula is C24H26BrNO5. The zero-order valence-corrected chi connectivity index (χ0v) is 19.4. The second kappa shape index (κ2) is 10.1. The summed E-state index contributed by atoms with van der Waals surface area (Å²) in [6.07, 6.45) is 0.548. The highest BCUT2D eigenvalue weighted by Crippen LogP contribution is 2.40. The monoisotopic (exact) mass is 487 g/mol. The number of Topliss-reactive ketones (excluding diaryl/α,β-unsaturated/α-hetero) is 1. The molecule has 1 fully saturated rings. The van der Waals surface area contributed by atoms with E-state index in [1.807, 2.05) is 38.1 Å². The summed E-state index contributed by atoms with van der Waals surface area (Å²) in [6.45, 7) is 4.64. The second-order valence-electron chi connectivity index (χ2n) is 7.58. The van der Waals surface area contributed by atoms with Crippen molar-refractivity contribution < 1.29 is 24.2 Å². The topological polar surface area (TPSA) is 76.1 Å². The Morgan fingerprint density at radius 2 is 1.87 bits per heavy atom. The maximum atomic E-state index is 13.0. The molecule has 1 N–H and O–H groups in total. The lowest BCUT2D eigenvalue weighted by Gasteiger charge is -2.25. The molecule has 1 aliphatic heterocycles. The summed E-state index contributed by atoms with van der Waals surface area (Å²) < 4.78 is 11.8. The minimum absolute atomic E-state index is 0.0221. The highest BCUT2D eigenvalue weighted by Gasteiger charge is 2.45. The van der Waals surface area contributed by atoms with Crippen molar-refractivity contribution in [1.82, 2.24) is 4.90 Å². The van der Waals surface area contributed by atoms with Gasteiger partial charge in [0.2, 0.25) is 0 Å². The van der Waals surface area contributed by atoms with Crippen LogP contribution in [0.4, 0.5) is 0 Å². The molecule has 0 radical (unpaired) electrons. The lowest BCUT2D eigenvalue weighted by atomic mass is 9.95. The minimum Gasteiger partial charge on any atom is -0.507 e. The second-order valence-corrected chi connectivity index (χ2v) is 8.50. The summed E-state index contributed by atoms with van der Waals surface area (Å²) >= 11 is 3.37. The van der Waals surface area contributed by atoms with Crippen LogP contribution >= 0.6 is 15.9 Å². The van der Waals surface area contributed by atoms with Crippen LogP contribution in [0.15, 0.2) is 58.6 Å². The number of aliphatic hydroxyl groups is 1. The summed E-state index contributed by atoms with van der Waals surface area (Å²) in [5.74, 6) is -0.883. The number of amides is 1. The number of halogens is 1. The molecule has 1 atom stereocenters. The third-order valence-electron chi connectivity index (χ3n) is 4.95. The Hall–Kier alpha value is -2.64. The predicted molar refractivity (Wildman–Crippen MR) is 122 cm³/mol. The minimum atomic E-state index is -0.712. The first-order valence-electron chi connectivity index (χ1n) is 10.1. The van der Waals surface area contributed by atoms with Gasteiger partial charge in [-0.3, -0.25) is 9.59 Å². The molecule has 1 amide bonds. The maximum Gasteiger partial charge on any atom is 0.295 e. The van der Waals surface area contributed by atoms with Crippen LogP contribution in [-0.2, 0) is 14.3 Å². The van der Waals surface area contributed by atoms with Crippen LogP contribution in [0, 0.1) is 0 Å². The van der Waals surface area contributed by atoms with Crippen LogP contribution < -0.4 is 4.74 Å². The Labute approximate surface area is 190 Å². The van der Waals surface area contributed by atoms with Crippen molar-refractivity contribution in [2.75, 3.05) is 20.3 Å². The first-order valence-corrected chi connectivity index (χ1v) is 10.9. The van der Waals surface area contributed by atoms with Crippen LogP contribution in [-0.4, -0.2) is 48.1 Å². The highest BCUT2D eigenvalue weighted by atomic mass is 79.9.